The van der Waals surface area contributed by atoms with E-state index in [-0.39, 0.29) is 6.54 Å². The normalized spacial score (nSPS) is 11.7. The van der Waals surface area contributed by atoms with Crippen LogP contribution >= 0.6 is 11.6 Å². The van der Waals surface area contributed by atoms with Gasteiger partial charge in [-0.25, -0.2) is 8.42 Å². The standard InChI is InChI=1S/C22H19ClN2O4S/c1-14-7-8-15(23)11-19(14)25(30(2,27)28)13-22(26)24-16-9-10-18-17-5-3-4-6-20(17)29-21(18)12-16/h3-12H,13H2,1-2H3,(H,24,26). The number of furan rings is 1. The average molecular weight is 443 g/mol. The number of sulfonamides is 1. The quantitative estimate of drug-likeness (QED) is 0.474. The van der Waals surface area contributed by atoms with Crippen LogP contribution in [-0.4, -0.2) is 27.1 Å². The van der Waals surface area contributed by atoms with E-state index in [1.165, 1.54) is 6.07 Å². The Morgan fingerprint density at radius 2 is 1.77 bits per heavy atom. The molecule has 0 saturated carbocycles. The lowest BCUT2D eigenvalue weighted by Crippen LogP contribution is -2.37. The van der Waals surface area contributed by atoms with Crippen LogP contribution in [0, 0.1) is 6.92 Å². The Morgan fingerprint density at radius 3 is 2.53 bits per heavy atom. The van der Waals surface area contributed by atoms with Crippen LogP contribution in [0.4, 0.5) is 11.4 Å². The van der Waals surface area contributed by atoms with Gasteiger partial charge in [-0.1, -0.05) is 35.9 Å². The highest BCUT2D eigenvalue weighted by Gasteiger charge is 2.23. The number of anilines is 2. The molecule has 30 heavy (non-hydrogen) atoms. The number of benzene rings is 3. The van der Waals surface area contributed by atoms with Crippen LogP contribution in [0.3, 0.4) is 0 Å². The van der Waals surface area contributed by atoms with Crippen LogP contribution in [0.1, 0.15) is 5.56 Å². The zero-order valence-corrected chi connectivity index (χ0v) is 17.9. The summed E-state index contributed by atoms with van der Waals surface area (Å²) in [5.74, 6) is -0.477. The molecule has 0 aliphatic rings. The van der Waals surface area contributed by atoms with Gasteiger partial charge in [0.25, 0.3) is 0 Å². The third-order valence-corrected chi connectivity index (χ3v) is 6.15. The second-order valence-electron chi connectivity index (χ2n) is 7.06. The largest absolute Gasteiger partial charge is 0.456 e. The molecule has 0 aliphatic heterocycles. The van der Waals surface area contributed by atoms with Gasteiger partial charge >= 0.3 is 0 Å². The molecule has 1 aromatic heterocycles. The first-order valence-electron chi connectivity index (χ1n) is 9.17. The number of amides is 1. The maximum atomic E-state index is 12.7. The number of carbonyl (C=O) groups excluding carboxylic acids is 1. The van der Waals surface area contributed by atoms with Gasteiger partial charge in [-0.15, -0.1) is 0 Å². The Bertz CT molecular complexity index is 1380. The number of fused-ring (bicyclic) bond motifs is 3. The van der Waals surface area contributed by atoms with Crippen molar-refractivity contribution >= 4 is 60.8 Å². The van der Waals surface area contributed by atoms with Crippen LogP contribution in [0.2, 0.25) is 5.02 Å². The Hall–Kier alpha value is -3.03. The molecule has 1 heterocycles. The summed E-state index contributed by atoms with van der Waals surface area (Å²) in [6.07, 6.45) is 1.06. The summed E-state index contributed by atoms with van der Waals surface area (Å²) in [5.41, 5.74) is 2.98. The number of hydrogen-bond donors (Lipinski definition) is 1. The molecule has 0 radical (unpaired) electrons. The zero-order chi connectivity index (χ0) is 21.5. The second kappa shape index (κ2) is 7.66. The highest BCUT2D eigenvalue weighted by molar-refractivity contribution is 7.92. The number of rotatable bonds is 5. The van der Waals surface area contributed by atoms with Crippen LogP contribution in [-0.2, 0) is 14.8 Å². The highest BCUT2D eigenvalue weighted by Crippen LogP contribution is 2.30. The van der Waals surface area contributed by atoms with Crippen LogP contribution in [0.5, 0.6) is 0 Å². The fourth-order valence-electron chi connectivity index (χ4n) is 3.37. The number of halogens is 1. The van der Waals surface area contributed by atoms with E-state index in [9.17, 15) is 13.2 Å². The molecular formula is C22H19ClN2O4S. The minimum absolute atomic E-state index is 0.368. The third kappa shape index (κ3) is 3.99. The number of hydrogen-bond acceptors (Lipinski definition) is 4. The van der Waals surface area contributed by atoms with E-state index in [4.69, 9.17) is 16.0 Å². The van der Waals surface area contributed by atoms with Crippen molar-refractivity contribution < 1.29 is 17.6 Å². The maximum absolute atomic E-state index is 12.7. The number of para-hydroxylation sites is 1. The molecule has 0 atom stereocenters. The number of carbonyl (C=O) groups is 1. The van der Waals surface area contributed by atoms with Crippen LogP contribution in [0.15, 0.2) is 65.1 Å². The Balaban J connectivity index is 1.60. The van der Waals surface area contributed by atoms with Gasteiger partial charge in [0.15, 0.2) is 0 Å². The van der Waals surface area contributed by atoms with Crippen molar-refractivity contribution in [1.82, 2.24) is 0 Å². The lowest BCUT2D eigenvalue weighted by atomic mass is 10.1. The van der Waals surface area contributed by atoms with Crippen molar-refractivity contribution in [1.29, 1.82) is 0 Å². The molecule has 0 bridgehead atoms. The van der Waals surface area contributed by atoms with Crippen molar-refractivity contribution in [2.24, 2.45) is 0 Å². The molecule has 4 aromatic rings. The molecule has 0 fully saturated rings. The molecular weight excluding hydrogens is 424 g/mol. The van der Waals surface area contributed by atoms with Crippen molar-refractivity contribution in [3.05, 3.63) is 71.2 Å². The van der Waals surface area contributed by atoms with Crippen molar-refractivity contribution in [2.75, 3.05) is 22.4 Å². The van der Waals surface area contributed by atoms with Gasteiger partial charge in [0.2, 0.25) is 15.9 Å². The molecule has 1 amide bonds. The van der Waals surface area contributed by atoms with Gasteiger partial charge in [-0.2, -0.15) is 0 Å². The number of nitrogens with one attached hydrogen (secondary N) is 1. The maximum Gasteiger partial charge on any atom is 0.245 e. The molecule has 3 aromatic carbocycles. The van der Waals surface area contributed by atoms with E-state index in [1.54, 1.807) is 31.2 Å². The van der Waals surface area contributed by atoms with Crippen molar-refractivity contribution in [2.45, 2.75) is 6.92 Å². The highest BCUT2D eigenvalue weighted by atomic mass is 35.5. The van der Waals surface area contributed by atoms with E-state index >= 15 is 0 Å². The molecule has 8 heteroatoms. The number of nitrogens with zero attached hydrogens (tertiary/aromatic N) is 1. The molecule has 6 nitrogen and oxygen atoms in total. The predicted octanol–water partition coefficient (Wildman–Crippen LogP) is 4.95. The van der Waals surface area contributed by atoms with E-state index in [1.807, 2.05) is 30.3 Å². The summed E-state index contributed by atoms with van der Waals surface area (Å²) in [5, 5.41) is 5.07. The first kappa shape index (κ1) is 20.3. The van der Waals surface area contributed by atoms with E-state index < -0.39 is 15.9 Å². The van der Waals surface area contributed by atoms with Crippen molar-refractivity contribution in [3.63, 3.8) is 0 Å². The Morgan fingerprint density at radius 1 is 1.03 bits per heavy atom. The molecule has 154 valence electrons. The third-order valence-electron chi connectivity index (χ3n) is 4.79. The average Bonchev–Trinajstić information content (AvgIpc) is 3.05. The number of aryl methyl sites for hydroxylation is 1. The summed E-state index contributed by atoms with van der Waals surface area (Å²) < 4.78 is 31.6. The molecule has 0 spiro atoms. The second-order valence-corrected chi connectivity index (χ2v) is 9.40. The Labute approximate surface area is 179 Å². The van der Waals surface area contributed by atoms with E-state index in [2.05, 4.69) is 5.32 Å². The molecule has 0 aliphatic carbocycles. The molecule has 1 N–H and O–H groups in total. The molecule has 4 rings (SSSR count). The van der Waals surface area contributed by atoms with Crippen molar-refractivity contribution in [3.8, 4) is 0 Å². The minimum atomic E-state index is -3.70. The first-order valence-corrected chi connectivity index (χ1v) is 11.4. The summed E-state index contributed by atoms with van der Waals surface area (Å²) in [6.45, 7) is 1.38. The fourth-order valence-corrected chi connectivity index (χ4v) is 4.44. The lowest BCUT2D eigenvalue weighted by Gasteiger charge is -2.23. The lowest BCUT2D eigenvalue weighted by molar-refractivity contribution is -0.114. The molecule has 0 unspecified atom stereocenters. The van der Waals surface area contributed by atoms with E-state index in [0.29, 0.717) is 27.5 Å². The smallest absolute Gasteiger partial charge is 0.245 e. The molecule has 0 saturated heterocycles. The van der Waals surface area contributed by atoms with Crippen LogP contribution in [0.25, 0.3) is 21.9 Å². The fraction of sp³-hybridized carbons (Fsp3) is 0.136. The van der Waals surface area contributed by atoms with Gasteiger partial charge in [0, 0.05) is 27.5 Å². The van der Waals surface area contributed by atoms with Crippen LogP contribution < -0.4 is 9.62 Å². The first-order chi connectivity index (χ1) is 14.2. The Kier molecular flexibility index (Phi) is 5.17. The monoisotopic (exact) mass is 442 g/mol. The summed E-state index contributed by atoms with van der Waals surface area (Å²) in [7, 11) is -3.70. The van der Waals surface area contributed by atoms with Gasteiger partial charge in [-0.05, 0) is 42.8 Å². The summed E-state index contributed by atoms with van der Waals surface area (Å²) in [4.78, 5) is 12.7. The van der Waals surface area contributed by atoms with Gasteiger partial charge in [0.05, 0.1) is 11.9 Å². The van der Waals surface area contributed by atoms with Gasteiger partial charge in [-0.3, -0.25) is 9.10 Å². The van der Waals surface area contributed by atoms with Gasteiger partial charge < -0.3 is 9.73 Å². The predicted molar refractivity (Wildman–Crippen MR) is 121 cm³/mol. The topological polar surface area (TPSA) is 79.6 Å². The van der Waals surface area contributed by atoms with Gasteiger partial charge in [0.1, 0.15) is 17.7 Å². The SMILES string of the molecule is Cc1ccc(Cl)cc1N(CC(=O)Nc1ccc2c(c1)oc1ccccc12)S(C)(=O)=O. The minimum Gasteiger partial charge on any atom is -0.456 e. The summed E-state index contributed by atoms with van der Waals surface area (Å²) in [6, 6.07) is 17.9. The van der Waals surface area contributed by atoms with E-state index in [0.717, 1.165) is 26.9 Å². The summed E-state index contributed by atoms with van der Waals surface area (Å²) >= 11 is 6.03. The zero-order valence-electron chi connectivity index (χ0n) is 16.3.